The van der Waals surface area contributed by atoms with Crippen LogP contribution in [-0.2, 0) is 11.3 Å². The van der Waals surface area contributed by atoms with E-state index in [4.69, 9.17) is 4.98 Å². The average molecular weight is 458 g/mol. The molecule has 3 rings (SSSR count). The number of hydrogen-bond acceptors (Lipinski definition) is 6. The van der Waals surface area contributed by atoms with Crippen LogP contribution in [0.1, 0.15) is 54.4 Å². The van der Waals surface area contributed by atoms with Crippen molar-refractivity contribution in [3.05, 3.63) is 50.6 Å². The number of amides is 1. The molecule has 6 nitrogen and oxygen atoms in total. The van der Waals surface area contributed by atoms with Gasteiger partial charge in [0.05, 0.1) is 10.6 Å². The molecule has 1 N–H and O–H groups in total. The number of nitrogens with one attached hydrogen (secondary N) is 1. The van der Waals surface area contributed by atoms with Gasteiger partial charge in [-0.05, 0) is 57.0 Å². The van der Waals surface area contributed by atoms with Crippen LogP contribution in [0.15, 0.2) is 34.2 Å². The van der Waals surface area contributed by atoms with E-state index >= 15 is 0 Å². The lowest BCUT2D eigenvalue weighted by molar-refractivity contribution is -0.114. The summed E-state index contributed by atoms with van der Waals surface area (Å²) in [6.45, 7) is 9.91. The number of anilines is 1. The maximum atomic E-state index is 13.2. The highest BCUT2D eigenvalue weighted by atomic mass is 32.2. The van der Waals surface area contributed by atoms with Crippen molar-refractivity contribution in [3.63, 3.8) is 0 Å². The lowest BCUT2D eigenvalue weighted by Crippen LogP contribution is -2.25. The second-order valence-electron chi connectivity index (χ2n) is 7.55. The number of Topliss-reactive ketones (excluding diaryl/α,β-unsaturated/α-hetero) is 1. The molecule has 1 atom stereocenters. The third-order valence-corrected chi connectivity index (χ3v) is 7.32. The third-order valence-electron chi connectivity index (χ3n) is 5.13. The van der Waals surface area contributed by atoms with Crippen LogP contribution < -0.4 is 10.9 Å². The molecule has 0 radical (unpaired) electrons. The van der Waals surface area contributed by atoms with Gasteiger partial charge in [0.15, 0.2) is 10.9 Å². The Balaban J connectivity index is 1.91. The SMILES string of the molecule is CCCCn1c(SC(C)C(=O)c2ccc(NC(C)=O)cc2)nc2sc(C)c(C)c2c1=O. The molecule has 2 aromatic heterocycles. The summed E-state index contributed by atoms with van der Waals surface area (Å²) in [6, 6.07) is 6.84. The number of unbranched alkanes of at least 4 members (excludes halogenated alkanes) is 1. The van der Waals surface area contributed by atoms with Gasteiger partial charge in [0.2, 0.25) is 5.91 Å². The fraction of sp³-hybridized carbons (Fsp3) is 0.391. The van der Waals surface area contributed by atoms with Crippen molar-refractivity contribution in [2.24, 2.45) is 0 Å². The molecule has 0 spiro atoms. The summed E-state index contributed by atoms with van der Waals surface area (Å²) in [4.78, 5) is 44.0. The van der Waals surface area contributed by atoms with E-state index in [1.165, 1.54) is 30.0 Å². The second-order valence-corrected chi connectivity index (χ2v) is 10.1. The molecule has 1 unspecified atom stereocenters. The normalized spacial score (nSPS) is 12.2. The zero-order valence-electron chi connectivity index (χ0n) is 18.4. The lowest BCUT2D eigenvalue weighted by atomic mass is 10.1. The number of rotatable bonds is 8. The Labute approximate surface area is 190 Å². The van der Waals surface area contributed by atoms with Crippen molar-refractivity contribution in [1.82, 2.24) is 9.55 Å². The van der Waals surface area contributed by atoms with Crippen LogP contribution in [0, 0.1) is 13.8 Å². The van der Waals surface area contributed by atoms with E-state index in [0.717, 1.165) is 28.1 Å². The first-order valence-electron chi connectivity index (χ1n) is 10.3. The zero-order chi connectivity index (χ0) is 22.7. The standard InChI is InChI=1S/C23H27N3O3S2/c1-6-7-12-26-22(29)19-13(2)14(3)30-21(19)25-23(26)31-15(4)20(28)17-8-10-18(11-9-17)24-16(5)27/h8-11,15H,6-7,12H2,1-5H3,(H,24,27). The van der Waals surface area contributed by atoms with Gasteiger partial charge in [-0.15, -0.1) is 11.3 Å². The fourth-order valence-corrected chi connectivity index (χ4v) is 5.36. The molecule has 8 heteroatoms. The number of nitrogens with zero attached hydrogens (tertiary/aromatic N) is 2. The van der Waals surface area contributed by atoms with Crippen molar-refractivity contribution in [2.75, 3.05) is 5.32 Å². The minimum atomic E-state index is -0.411. The van der Waals surface area contributed by atoms with Gasteiger partial charge in [0, 0.05) is 29.6 Å². The largest absolute Gasteiger partial charge is 0.326 e. The predicted octanol–water partition coefficient (Wildman–Crippen LogP) is 5.20. The Bertz CT molecular complexity index is 1180. The number of ketones is 1. The summed E-state index contributed by atoms with van der Waals surface area (Å²) in [5, 5.41) is 3.56. The van der Waals surface area contributed by atoms with E-state index in [9.17, 15) is 14.4 Å². The van der Waals surface area contributed by atoms with Gasteiger partial charge in [-0.2, -0.15) is 0 Å². The van der Waals surface area contributed by atoms with Gasteiger partial charge in [0.1, 0.15) is 4.83 Å². The molecule has 0 saturated carbocycles. The van der Waals surface area contributed by atoms with Crippen LogP contribution in [0.5, 0.6) is 0 Å². The number of thiophene rings is 1. The van der Waals surface area contributed by atoms with Crippen molar-refractivity contribution >= 4 is 50.7 Å². The van der Waals surface area contributed by atoms with Gasteiger partial charge in [0.25, 0.3) is 5.56 Å². The number of carbonyl (C=O) groups excluding carboxylic acids is 2. The molecule has 0 aliphatic carbocycles. The molecule has 0 fully saturated rings. The van der Waals surface area contributed by atoms with Crippen LogP contribution in [0.25, 0.3) is 10.2 Å². The summed E-state index contributed by atoms with van der Waals surface area (Å²) in [6.07, 6.45) is 1.83. The Morgan fingerprint density at radius 1 is 1.23 bits per heavy atom. The van der Waals surface area contributed by atoms with Crippen LogP contribution >= 0.6 is 23.1 Å². The third kappa shape index (κ3) is 5.07. The number of fused-ring (bicyclic) bond motifs is 1. The van der Waals surface area contributed by atoms with Gasteiger partial charge < -0.3 is 5.32 Å². The maximum Gasteiger partial charge on any atom is 0.263 e. The Morgan fingerprint density at radius 3 is 2.52 bits per heavy atom. The molecule has 0 saturated heterocycles. The first kappa shape index (κ1) is 23.2. The van der Waals surface area contributed by atoms with Crippen molar-refractivity contribution in [2.45, 2.75) is 64.4 Å². The minimum Gasteiger partial charge on any atom is -0.326 e. The lowest BCUT2D eigenvalue weighted by Gasteiger charge is -2.15. The van der Waals surface area contributed by atoms with Gasteiger partial charge in [-0.3, -0.25) is 19.0 Å². The van der Waals surface area contributed by atoms with E-state index in [1.54, 1.807) is 28.8 Å². The highest BCUT2D eigenvalue weighted by Crippen LogP contribution is 2.30. The first-order chi connectivity index (χ1) is 14.7. The smallest absolute Gasteiger partial charge is 0.263 e. The van der Waals surface area contributed by atoms with Gasteiger partial charge >= 0.3 is 0 Å². The van der Waals surface area contributed by atoms with E-state index in [-0.39, 0.29) is 17.2 Å². The van der Waals surface area contributed by atoms with Crippen LogP contribution in [0.4, 0.5) is 5.69 Å². The topological polar surface area (TPSA) is 81.1 Å². The number of thioether (sulfide) groups is 1. The zero-order valence-corrected chi connectivity index (χ0v) is 20.1. The van der Waals surface area contributed by atoms with E-state index in [1.807, 2.05) is 20.8 Å². The van der Waals surface area contributed by atoms with E-state index in [0.29, 0.717) is 28.3 Å². The number of carbonyl (C=O) groups is 2. The summed E-state index contributed by atoms with van der Waals surface area (Å²) < 4.78 is 1.72. The van der Waals surface area contributed by atoms with E-state index in [2.05, 4.69) is 12.2 Å². The summed E-state index contributed by atoms with van der Waals surface area (Å²) in [5.41, 5.74) is 2.17. The number of hydrogen-bond donors (Lipinski definition) is 1. The molecule has 31 heavy (non-hydrogen) atoms. The fourth-order valence-electron chi connectivity index (χ4n) is 3.28. The van der Waals surface area contributed by atoms with Crippen molar-refractivity contribution in [1.29, 1.82) is 0 Å². The Kier molecular flexibility index (Phi) is 7.33. The number of aryl methyl sites for hydroxylation is 2. The highest BCUT2D eigenvalue weighted by molar-refractivity contribution is 8.00. The molecule has 1 aromatic carbocycles. The Hall–Kier alpha value is -2.45. The molecular weight excluding hydrogens is 430 g/mol. The maximum absolute atomic E-state index is 13.2. The monoisotopic (exact) mass is 457 g/mol. The molecule has 3 aromatic rings. The summed E-state index contributed by atoms with van der Waals surface area (Å²) in [7, 11) is 0. The molecule has 1 amide bonds. The number of benzene rings is 1. The molecular formula is C23H27N3O3S2. The van der Waals surface area contributed by atoms with Crippen LogP contribution in [-0.4, -0.2) is 26.5 Å². The minimum absolute atomic E-state index is 0.0258. The summed E-state index contributed by atoms with van der Waals surface area (Å²) in [5.74, 6) is -0.206. The van der Waals surface area contributed by atoms with Crippen LogP contribution in [0.3, 0.4) is 0 Å². The predicted molar refractivity (Wildman–Crippen MR) is 129 cm³/mol. The Morgan fingerprint density at radius 2 is 1.90 bits per heavy atom. The second kappa shape index (κ2) is 9.78. The summed E-state index contributed by atoms with van der Waals surface area (Å²) >= 11 is 2.84. The van der Waals surface area contributed by atoms with Crippen molar-refractivity contribution < 1.29 is 9.59 Å². The molecule has 0 aliphatic rings. The van der Waals surface area contributed by atoms with Crippen molar-refractivity contribution in [3.8, 4) is 0 Å². The molecule has 2 heterocycles. The van der Waals surface area contributed by atoms with Gasteiger partial charge in [-0.25, -0.2) is 4.98 Å². The average Bonchev–Trinajstić information content (AvgIpc) is 3.01. The van der Waals surface area contributed by atoms with Gasteiger partial charge in [-0.1, -0.05) is 25.1 Å². The highest BCUT2D eigenvalue weighted by Gasteiger charge is 2.22. The quantitative estimate of drug-likeness (QED) is 0.286. The van der Waals surface area contributed by atoms with Crippen LogP contribution in [0.2, 0.25) is 0 Å². The number of aromatic nitrogens is 2. The van der Waals surface area contributed by atoms with E-state index < -0.39 is 5.25 Å². The molecule has 0 bridgehead atoms. The first-order valence-corrected chi connectivity index (χ1v) is 12.0. The molecule has 164 valence electrons. The molecule has 0 aliphatic heterocycles.